The molecule has 0 heterocycles. The van der Waals surface area contributed by atoms with Gasteiger partial charge in [-0.25, -0.2) is 4.79 Å². The zero-order valence-corrected chi connectivity index (χ0v) is 11.1. The topological polar surface area (TPSA) is 65.0 Å². The van der Waals surface area contributed by atoms with Gasteiger partial charge in [0.2, 0.25) is 5.75 Å². The van der Waals surface area contributed by atoms with Gasteiger partial charge < -0.3 is 19.3 Å². The molecular weight excluding hydrogens is 272 g/mol. The summed E-state index contributed by atoms with van der Waals surface area (Å²) >= 11 is 0. The van der Waals surface area contributed by atoms with Crippen LogP contribution in [0.1, 0.15) is 10.4 Å². The lowest BCUT2D eigenvalue weighted by Crippen LogP contribution is -2.06. The van der Waals surface area contributed by atoms with Gasteiger partial charge in [-0.2, -0.15) is 0 Å². The summed E-state index contributed by atoms with van der Waals surface area (Å²) in [4.78, 5) is 11.1. The minimum atomic E-state index is -1.16. The SMILES string of the molecule is C#CCOc1cc(C(=O)O)cc(OCC#C)c1OCC#C. The molecule has 0 aromatic heterocycles. The van der Waals surface area contributed by atoms with Crippen molar-refractivity contribution in [1.82, 2.24) is 0 Å². The Kier molecular flexibility index (Phi) is 6.06. The van der Waals surface area contributed by atoms with E-state index in [9.17, 15) is 4.79 Å². The van der Waals surface area contributed by atoms with Gasteiger partial charge >= 0.3 is 5.97 Å². The molecule has 1 aromatic carbocycles. The predicted octanol–water partition coefficient (Wildman–Crippen LogP) is 1.42. The second-order valence-electron chi connectivity index (χ2n) is 3.59. The van der Waals surface area contributed by atoms with Crippen LogP contribution < -0.4 is 14.2 Å². The number of terminal acetylenes is 3. The molecule has 0 bridgehead atoms. The monoisotopic (exact) mass is 284 g/mol. The second-order valence-corrected chi connectivity index (χ2v) is 3.59. The second kappa shape index (κ2) is 8.04. The third kappa shape index (κ3) is 4.42. The summed E-state index contributed by atoms with van der Waals surface area (Å²) in [7, 11) is 0. The Hall–Kier alpha value is -3.23. The maximum atomic E-state index is 11.1. The Labute approximate surface area is 122 Å². The molecule has 0 saturated carbocycles. The molecule has 1 N–H and O–H groups in total. The Balaban J connectivity index is 3.30. The van der Waals surface area contributed by atoms with Gasteiger partial charge in [0.15, 0.2) is 11.5 Å². The van der Waals surface area contributed by atoms with Crippen molar-refractivity contribution < 1.29 is 24.1 Å². The molecule has 1 rings (SSSR count). The van der Waals surface area contributed by atoms with Crippen molar-refractivity contribution in [3.05, 3.63) is 17.7 Å². The van der Waals surface area contributed by atoms with Crippen LogP contribution in [0.5, 0.6) is 17.2 Å². The van der Waals surface area contributed by atoms with Crippen LogP contribution in [0.4, 0.5) is 0 Å². The fourth-order valence-electron chi connectivity index (χ4n) is 1.41. The molecule has 0 unspecified atom stereocenters. The number of rotatable bonds is 7. The van der Waals surface area contributed by atoms with Crippen LogP contribution in [0.25, 0.3) is 0 Å². The molecule has 106 valence electrons. The standard InChI is InChI=1S/C16H12O5/c1-4-7-19-13-10-12(16(17)18)11-14(20-8-5-2)15(13)21-9-6-3/h1-3,10-11H,7-9H2,(H,17,18). The fraction of sp³-hybridized carbons (Fsp3) is 0.188. The zero-order chi connectivity index (χ0) is 15.7. The summed E-state index contributed by atoms with van der Waals surface area (Å²) in [6.07, 6.45) is 15.4. The van der Waals surface area contributed by atoms with Gasteiger partial charge in [-0.15, -0.1) is 19.3 Å². The number of carboxylic acid groups (broad SMARTS) is 1. The molecule has 0 radical (unpaired) electrons. The first kappa shape index (κ1) is 15.8. The smallest absolute Gasteiger partial charge is 0.335 e. The molecule has 1 aromatic rings. The highest BCUT2D eigenvalue weighted by molar-refractivity contribution is 5.89. The Morgan fingerprint density at radius 1 is 0.952 bits per heavy atom. The predicted molar refractivity (Wildman–Crippen MR) is 76.4 cm³/mol. The van der Waals surface area contributed by atoms with E-state index in [1.165, 1.54) is 12.1 Å². The first-order valence-electron chi connectivity index (χ1n) is 5.74. The summed E-state index contributed by atoms with van der Waals surface area (Å²) in [5, 5.41) is 9.09. The van der Waals surface area contributed by atoms with Crippen LogP contribution in [0.3, 0.4) is 0 Å². The first-order valence-corrected chi connectivity index (χ1v) is 5.74. The summed E-state index contributed by atoms with van der Waals surface area (Å²) < 4.78 is 15.9. The molecule has 0 aliphatic rings. The van der Waals surface area contributed by atoms with Crippen molar-refractivity contribution >= 4 is 5.97 Å². The van der Waals surface area contributed by atoms with Crippen LogP contribution in [-0.4, -0.2) is 30.9 Å². The Morgan fingerprint density at radius 3 is 1.76 bits per heavy atom. The van der Waals surface area contributed by atoms with Gasteiger partial charge in [0.25, 0.3) is 0 Å². The molecule has 0 saturated heterocycles. The lowest BCUT2D eigenvalue weighted by molar-refractivity contribution is 0.0695. The number of carboxylic acids is 1. The Morgan fingerprint density at radius 2 is 1.38 bits per heavy atom. The highest BCUT2D eigenvalue weighted by atomic mass is 16.5. The normalized spacial score (nSPS) is 8.81. The van der Waals surface area contributed by atoms with E-state index in [0.29, 0.717) is 0 Å². The van der Waals surface area contributed by atoms with Crippen LogP contribution in [0, 0.1) is 37.0 Å². The van der Waals surface area contributed by atoms with Crippen molar-refractivity contribution in [2.75, 3.05) is 19.8 Å². The zero-order valence-electron chi connectivity index (χ0n) is 11.1. The number of ether oxygens (including phenoxy) is 3. The fourth-order valence-corrected chi connectivity index (χ4v) is 1.41. The molecular formula is C16H12O5. The molecule has 0 fully saturated rings. The van der Waals surface area contributed by atoms with Gasteiger partial charge in [-0.05, 0) is 12.1 Å². The summed E-state index contributed by atoms with van der Waals surface area (Å²) in [6.45, 7) is -0.181. The molecule has 0 spiro atoms. The van der Waals surface area contributed by atoms with E-state index in [1.807, 2.05) is 0 Å². The summed E-state index contributed by atoms with van der Waals surface area (Å²) in [5.74, 6) is 6.07. The largest absolute Gasteiger partial charge is 0.478 e. The molecule has 21 heavy (non-hydrogen) atoms. The van der Waals surface area contributed by atoms with E-state index >= 15 is 0 Å². The number of hydrogen-bond donors (Lipinski definition) is 1. The van der Waals surface area contributed by atoms with Gasteiger partial charge in [0, 0.05) is 0 Å². The maximum absolute atomic E-state index is 11.1. The van der Waals surface area contributed by atoms with Crippen molar-refractivity contribution in [3.8, 4) is 54.3 Å². The van der Waals surface area contributed by atoms with Gasteiger partial charge in [0.1, 0.15) is 19.8 Å². The van der Waals surface area contributed by atoms with E-state index in [-0.39, 0.29) is 42.6 Å². The number of carbonyl (C=O) groups is 1. The van der Waals surface area contributed by atoms with Crippen molar-refractivity contribution in [2.45, 2.75) is 0 Å². The van der Waals surface area contributed by atoms with Gasteiger partial charge in [0.05, 0.1) is 5.56 Å². The van der Waals surface area contributed by atoms with E-state index in [2.05, 4.69) is 17.8 Å². The number of aromatic carboxylic acids is 1. The van der Waals surface area contributed by atoms with Crippen molar-refractivity contribution in [2.24, 2.45) is 0 Å². The van der Waals surface area contributed by atoms with Crippen molar-refractivity contribution in [3.63, 3.8) is 0 Å². The molecule has 0 aliphatic heterocycles. The third-order valence-electron chi connectivity index (χ3n) is 2.19. The lowest BCUT2D eigenvalue weighted by atomic mass is 10.2. The van der Waals surface area contributed by atoms with E-state index in [4.69, 9.17) is 38.6 Å². The highest BCUT2D eigenvalue weighted by Gasteiger charge is 2.18. The third-order valence-corrected chi connectivity index (χ3v) is 2.19. The molecule has 0 atom stereocenters. The minimum absolute atomic E-state index is 0.0504. The maximum Gasteiger partial charge on any atom is 0.335 e. The minimum Gasteiger partial charge on any atom is -0.478 e. The first-order chi connectivity index (χ1) is 10.1. The van der Waals surface area contributed by atoms with E-state index in [0.717, 1.165) is 0 Å². The average Bonchev–Trinajstić information content (AvgIpc) is 2.48. The van der Waals surface area contributed by atoms with Crippen LogP contribution >= 0.6 is 0 Å². The average molecular weight is 284 g/mol. The van der Waals surface area contributed by atoms with Crippen LogP contribution in [-0.2, 0) is 0 Å². The van der Waals surface area contributed by atoms with Gasteiger partial charge in [-0.3, -0.25) is 0 Å². The van der Waals surface area contributed by atoms with E-state index in [1.54, 1.807) is 0 Å². The highest BCUT2D eigenvalue weighted by Crippen LogP contribution is 2.39. The summed E-state index contributed by atoms with van der Waals surface area (Å²) in [5.41, 5.74) is -0.0536. The van der Waals surface area contributed by atoms with Crippen molar-refractivity contribution in [1.29, 1.82) is 0 Å². The molecule has 0 aliphatic carbocycles. The number of benzene rings is 1. The van der Waals surface area contributed by atoms with Crippen LogP contribution in [0.2, 0.25) is 0 Å². The van der Waals surface area contributed by atoms with Gasteiger partial charge in [-0.1, -0.05) is 17.8 Å². The molecule has 5 nitrogen and oxygen atoms in total. The summed E-state index contributed by atoms with van der Waals surface area (Å²) in [6, 6.07) is 2.54. The van der Waals surface area contributed by atoms with Crippen LogP contribution in [0.15, 0.2) is 12.1 Å². The van der Waals surface area contributed by atoms with E-state index < -0.39 is 5.97 Å². The Bertz CT molecular complexity index is 601. The number of hydrogen-bond acceptors (Lipinski definition) is 4. The quantitative estimate of drug-likeness (QED) is 0.767. The lowest BCUT2D eigenvalue weighted by Gasteiger charge is -2.15. The molecule has 5 heteroatoms. The molecule has 0 amide bonds.